The van der Waals surface area contributed by atoms with Crippen molar-refractivity contribution in [3.8, 4) is 5.69 Å². The van der Waals surface area contributed by atoms with Crippen molar-refractivity contribution >= 4 is 0 Å². The highest BCUT2D eigenvalue weighted by atomic mass is 15.5. The monoisotopic (exact) mass is 323 g/mol. The van der Waals surface area contributed by atoms with E-state index >= 15 is 0 Å². The van der Waals surface area contributed by atoms with E-state index in [2.05, 4.69) is 32.5 Å². The van der Waals surface area contributed by atoms with Crippen LogP contribution < -0.4 is 5.32 Å². The zero-order valence-electron chi connectivity index (χ0n) is 13.8. The normalized spacial score (nSPS) is 17.0. The van der Waals surface area contributed by atoms with Crippen LogP contribution in [-0.4, -0.2) is 35.8 Å². The lowest BCUT2D eigenvalue weighted by Crippen LogP contribution is -2.37. The van der Waals surface area contributed by atoms with E-state index in [-0.39, 0.29) is 0 Å². The maximum atomic E-state index is 4.56. The van der Waals surface area contributed by atoms with Gasteiger partial charge in [0.05, 0.1) is 24.1 Å². The van der Waals surface area contributed by atoms with Crippen LogP contribution in [0.25, 0.3) is 5.69 Å². The minimum atomic E-state index is 0.394. The molecule has 0 amide bonds. The van der Waals surface area contributed by atoms with E-state index in [0.29, 0.717) is 12.6 Å². The summed E-state index contributed by atoms with van der Waals surface area (Å²) in [6, 6.07) is 10.3. The Bertz CT molecular complexity index is 805. The number of hydrogen-bond donors (Lipinski definition) is 1. The SMILES string of the molecule is CCc1nc2n(n1)C[C@H](NCc1cnn(-c3ccccc3)n1)CC2. The molecule has 124 valence electrons. The smallest absolute Gasteiger partial charge is 0.150 e. The molecule has 7 nitrogen and oxygen atoms in total. The molecular weight excluding hydrogens is 302 g/mol. The zero-order chi connectivity index (χ0) is 16.4. The van der Waals surface area contributed by atoms with Gasteiger partial charge in [0.2, 0.25) is 0 Å². The summed E-state index contributed by atoms with van der Waals surface area (Å²) in [6.45, 7) is 3.67. The number of nitrogens with zero attached hydrogens (tertiary/aromatic N) is 6. The summed E-state index contributed by atoms with van der Waals surface area (Å²) in [6.07, 6.45) is 4.76. The Balaban J connectivity index is 1.37. The molecule has 1 aliphatic rings. The molecule has 0 saturated heterocycles. The number of hydrogen-bond acceptors (Lipinski definition) is 5. The molecule has 24 heavy (non-hydrogen) atoms. The molecule has 3 heterocycles. The Morgan fingerprint density at radius 3 is 2.92 bits per heavy atom. The predicted molar refractivity (Wildman–Crippen MR) is 89.7 cm³/mol. The molecule has 1 N–H and O–H groups in total. The van der Waals surface area contributed by atoms with Crippen molar-refractivity contribution in [2.75, 3.05) is 0 Å². The average Bonchev–Trinajstić information content (AvgIpc) is 3.27. The quantitative estimate of drug-likeness (QED) is 0.771. The minimum Gasteiger partial charge on any atom is -0.306 e. The van der Waals surface area contributed by atoms with Crippen LogP contribution in [0.4, 0.5) is 0 Å². The third kappa shape index (κ3) is 3.07. The number of rotatable bonds is 5. The topological polar surface area (TPSA) is 73.5 Å². The highest BCUT2D eigenvalue weighted by Gasteiger charge is 2.21. The molecule has 2 aromatic heterocycles. The summed E-state index contributed by atoms with van der Waals surface area (Å²) >= 11 is 0. The van der Waals surface area contributed by atoms with Gasteiger partial charge in [0, 0.05) is 25.4 Å². The van der Waals surface area contributed by atoms with Crippen LogP contribution in [0.5, 0.6) is 0 Å². The summed E-state index contributed by atoms with van der Waals surface area (Å²) in [5.41, 5.74) is 1.92. The fourth-order valence-electron chi connectivity index (χ4n) is 2.99. The molecule has 0 aliphatic carbocycles. The van der Waals surface area contributed by atoms with E-state index in [1.165, 1.54) is 0 Å². The highest BCUT2D eigenvalue weighted by molar-refractivity contribution is 5.28. The molecule has 0 fully saturated rings. The first-order valence-corrected chi connectivity index (χ1v) is 8.44. The van der Waals surface area contributed by atoms with Crippen molar-refractivity contribution in [3.05, 3.63) is 53.9 Å². The van der Waals surface area contributed by atoms with Crippen molar-refractivity contribution < 1.29 is 0 Å². The lowest BCUT2D eigenvalue weighted by molar-refractivity contribution is 0.356. The lowest BCUT2D eigenvalue weighted by atomic mass is 10.1. The second kappa shape index (κ2) is 6.52. The van der Waals surface area contributed by atoms with Crippen molar-refractivity contribution in [1.29, 1.82) is 0 Å². The van der Waals surface area contributed by atoms with E-state index < -0.39 is 0 Å². The number of aromatic nitrogens is 6. The number of fused-ring (bicyclic) bond motifs is 1. The minimum absolute atomic E-state index is 0.394. The van der Waals surface area contributed by atoms with E-state index in [4.69, 9.17) is 0 Å². The fraction of sp³-hybridized carbons (Fsp3) is 0.412. The molecule has 7 heteroatoms. The van der Waals surface area contributed by atoms with Gasteiger partial charge >= 0.3 is 0 Å². The summed E-state index contributed by atoms with van der Waals surface area (Å²) in [7, 11) is 0. The van der Waals surface area contributed by atoms with Crippen molar-refractivity contribution in [2.45, 2.75) is 45.3 Å². The van der Waals surface area contributed by atoms with Gasteiger partial charge in [0.25, 0.3) is 0 Å². The number of aryl methyl sites for hydroxylation is 2. The van der Waals surface area contributed by atoms with Gasteiger partial charge in [0.1, 0.15) is 5.82 Å². The maximum Gasteiger partial charge on any atom is 0.150 e. The van der Waals surface area contributed by atoms with Crippen LogP contribution in [0.15, 0.2) is 36.5 Å². The summed E-state index contributed by atoms with van der Waals surface area (Å²) in [5, 5.41) is 17.0. The Morgan fingerprint density at radius 1 is 1.21 bits per heavy atom. The third-order valence-corrected chi connectivity index (χ3v) is 4.32. The van der Waals surface area contributed by atoms with Gasteiger partial charge in [-0.25, -0.2) is 9.67 Å². The number of benzene rings is 1. The van der Waals surface area contributed by atoms with Gasteiger partial charge < -0.3 is 5.32 Å². The van der Waals surface area contributed by atoms with E-state index in [1.54, 1.807) is 4.80 Å². The molecule has 0 saturated carbocycles. The van der Waals surface area contributed by atoms with Crippen molar-refractivity contribution in [3.63, 3.8) is 0 Å². The lowest BCUT2D eigenvalue weighted by Gasteiger charge is -2.23. The Hall–Kier alpha value is -2.54. The molecule has 1 atom stereocenters. The van der Waals surface area contributed by atoms with Gasteiger partial charge in [0.15, 0.2) is 5.82 Å². The summed E-state index contributed by atoms with van der Waals surface area (Å²) in [5.74, 6) is 2.05. The highest BCUT2D eigenvalue weighted by Crippen LogP contribution is 2.14. The number of nitrogens with one attached hydrogen (secondary N) is 1. The summed E-state index contributed by atoms with van der Waals surface area (Å²) < 4.78 is 2.04. The second-order valence-corrected chi connectivity index (χ2v) is 6.06. The van der Waals surface area contributed by atoms with Crippen molar-refractivity contribution in [1.82, 2.24) is 35.1 Å². The Labute approximate surface area is 140 Å². The van der Waals surface area contributed by atoms with Gasteiger partial charge in [-0.1, -0.05) is 25.1 Å². The van der Waals surface area contributed by atoms with Crippen LogP contribution in [0.1, 0.15) is 30.7 Å². The molecule has 4 rings (SSSR count). The molecule has 3 aromatic rings. The third-order valence-electron chi connectivity index (χ3n) is 4.32. The second-order valence-electron chi connectivity index (χ2n) is 6.06. The van der Waals surface area contributed by atoms with E-state index in [1.807, 2.05) is 41.2 Å². The average molecular weight is 323 g/mol. The first kappa shape index (κ1) is 15.0. The molecule has 1 aliphatic heterocycles. The zero-order valence-corrected chi connectivity index (χ0v) is 13.8. The fourth-order valence-corrected chi connectivity index (χ4v) is 2.99. The number of para-hydroxylation sites is 1. The molecular formula is C17H21N7. The Morgan fingerprint density at radius 2 is 2.08 bits per heavy atom. The van der Waals surface area contributed by atoms with Gasteiger partial charge in [-0.2, -0.15) is 20.1 Å². The van der Waals surface area contributed by atoms with Crippen LogP contribution in [0.3, 0.4) is 0 Å². The predicted octanol–water partition coefficient (Wildman–Crippen LogP) is 1.53. The van der Waals surface area contributed by atoms with E-state index in [9.17, 15) is 0 Å². The molecule has 1 aromatic carbocycles. The van der Waals surface area contributed by atoms with Crippen molar-refractivity contribution in [2.24, 2.45) is 0 Å². The molecule has 0 unspecified atom stereocenters. The van der Waals surface area contributed by atoms with Crippen LogP contribution >= 0.6 is 0 Å². The van der Waals surface area contributed by atoms with E-state index in [0.717, 1.165) is 48.8 Å². The molecule has 0 radical (unpaired) electrons. The largest absolute Gasteiger partial charge is 0.306 e. The van der Waals surface area contributed by atoms with Crippen LogP contribution in [-0.2, 0) is 25.9 Å². The molecule has 0 bridgehead atoms. The Kier molecular flexibility index (Phi) is 4.08. The van der Waals surface area contributed by atoms with Gasteiger partial charge in [-0.15, -0.1) is 0 Å². The molecule has 0 spiro atoms. The van der Waals surface area contributed by atoms with Crippen LogP contribution in [0.2, 0.25) is 0 Å². The summed E-state index contributed by atoms with van der Waals surface area (Å²) in [4.78, 5) is 6.22. The maximum absolute atomic E-state index is 4.56. The van der Waals surface area contributed by atoms with Gasteiger partial charge in [-0.3, -0.25) is 0 Å². The first-order chi connectivity index (χ1) is 11.8. The van der Waals surface area contributed by atoms with Crippen LogP contribution in [0, 0.1) is 0 Å². The first-order valence-electron chi connectivity index (χ1n) is 8.44. The van der Waals surface area contributed by atoms with Gasteiger partial charge in [-0.05, 0) is 18.6 Å². The standard InChI is InChI=1S/C17H21N7/c1-2-16-20-17-9-8-13(12-23(17)22-16)18-10-14-11-19-24(21-14)15-6-4-3-5-7-15/h3-7,11,13,18H,2,8-10,12H2,1H3/t13-/m1/s1.